The van der Waals surface area contributed by atoms with Crippen molar-refractivity contribution in [3.63, 3.8) is 0 Å². The fraction of sp³-hybridized carbons (Fsp3) is 0.636. The van der Waals surface area contributed by atoms with Crippen molar-refractivity contribution in [2.75, 3.05) is 26.3 Å². The summed E-state index contributed by atoms with van der Waals surface area (Å²) in [6, 6.07) is 0. The zero-order valence-electron chi connectivity index (χ0n) is 32.7. The number of unbranched alkanes of at least 4 members (excludes halogenated alkanes) is 10. The molecule has 0 aromatic heterocycles. The number of allylic oxidation sites excluding steroid dienone is 12. The Bertz CT molecular complexity index is 1020. The van der Waals surface area contributed by atoms with Crippen LogP contribution in [0.1, 0.15) is 155 Å². The van der Waals surface area contributed by atoms with Gasteiger partial charge in [0.2, 0.25) is 5.91 Å². The molecule has 0 saturated heterocycles. The smallest absolute Gasteiger partial charge is 0.305 e. The van der Waals surface area contributed by atoms with Gasteiger partial charge in [0.05, 0.1) is 19.5 Å². The van der Waals surface area contributed by atoms with Crippen molar-refractivity contribution in [2.45, 2.75) is 155 Å². The Labute approximate surface area is 316 Å². The molecule has 8 nitrogen and oxygen atoms in total. The molecule has 0 aromatic carbocycles. The van der Waals surface area contributed by atoms with Crippen LogP contribution in [0.4, 0.5) is 0 Å². The molecule has 0 bridgehead atoms. The van der Waals surface area contributed by atoms with Gasteiger partial charge >= 0.3 is 17.9 Å². The second kappa shape index (κ2) is 38.5. The number of esters is 2. The number of hydrogen-bond donors (Lipinski definition) is 1. The summed E-state index contributed by atoms with van der Waals surface area (Å²) in [5.41, 5.74) is 0. The van der Waals surface area contributed by atoms with E-state index in [-0.39, 0.29) is 57.0 Å². The molecular formula is C44H71NO7. The van der Waals surface area contributed by atoms with Crippen molar-refractivity contribution in [3.05, 3.63) is 72.9 Å². The Morgan fingerprint density at radius 2 is 0.827 bits per heavy atom. The lowest BCUT2D eigenvalue weighted by atomic mass is 10.1. The second-order valence-electron chi connectivity index (χ2n) is 12.9. The summed E-state index contributed by atoms with van der Waals surface area (Å²) in [5, 5.41) is 8.98. The maximum atomic E-state index is 12.6. The minimum absolute atomic E-state index is 0.0202. The first-order valence-electron chi connectivity index (χ1n) is 20.1. The van der Waals surface area contributed by atoms with Crippen molar-refractivity contribution in [3.8, 4) is 0 Å². The average molecular weight is 726 g/mol. The zero-order valence-corrected chi connectivity index (χ0v) is 32.7. The minimum atomic E-state index is -1.06. The van der Waals surface area contributed by atoms with E-state index in [9.17, 15) is 19.2 Å². The Morgan fingerprint density at radius 1 is 0.462 bits per heavy atom. The fourth-order valence-corrected chi connectivity index (χ4v) is 5.19. The molecule has 0 fully saturated rings. The van der Waals surface area contributed by atoms with E-state index in [1.54, 1.807) is 0 Å². The highest BCUT2D eigenvalue weighted by atomic mass is 16.5. The standard InChI is InChI=1S/C44H71NO7/c1-3-5-7-9-11-13-15-17-19-21-23-25-27-29-31-33-43(49)51-39-37-45(41(46)35-36-42(47)48)38-40-52-44(50)34-32-30-28-26-24-22-20-18-16-14-12-10-8-6-4-2/h5-8,11-14,17-20H,3-4,9-10,15-16,21-40H2,1-2H3,(H,47,48)/b7-5-,8-6-,13-11-,14-12-,19-17-,20-18-. The summed E-state index contributed by atoms with van der Waals surface area (Å²) < 4.78 is 10.7. The number of aliphatic carboxylic acids is 1. The van der Waals surface area contributed by atoms with Crippen molar-refractivity contribution < 1.29 is 33.8 Å². The molecule has 0 aliphatic heterocycles. The summed E-state index contributed by atoms with van der Waals surface area (Å²) in [5.74, 6) is -2.04. The van der Waals surface area contributed by atoms with Crippen LogP contribution >= 0.6 is 0 Å². The highest BCUT2D eigenvalue weighted by Gasteiger charge is 2.16. The molecule has 0 aliphatic rings. The number of carbonyl (C=O) groups excluding carboxylic acids is 3. The number of carbonyl (C=O) groups is 4. The van der Waals surface area contributed by atoms with Crippen molar-refractivity contribution in [1.82, 2.24) is 4.90 Å². The number of ether oxygens (including phenoxy) is 2. The topological polar surface area (TPSA) is 110 Å². The monoisotopic (exact) mass is 726 g/mol. The normalized spacial score (nSPS) is 12.0. The van der Waals surface area contributed by atoms with Gasteiger partial charge in [0.1, 0.15) is 13.2 Å². The van der Waals surface area contributed by atoms with Gasteiger partial charge in [-0.05, 0) is 77.0 Å². The van der Waals surface area contributed by atoms with E-state index in [1.165, 1.54) is 4.90 Å². The number of rotatable bonds is 35. The molecule has 0 saturated carbocycles. The van der Waals surface area contributed by atoms with Crippen LogP contribution in [0, 0.1) is 0 Å². The molecule has 52 heavy (non-hydrogen) atoms. The van der Waals surface area contributed by atoms with Gasteiger partial charge in [0.15, 0.2) is 0 Å². The third-order valence-electron chi connectivity index (χ3n) is 8.22. The number of amides is 1. The number of carboxylic acids is 1. The third-order valence-corrected chi connectivity index (χ3v) is 8.22. The van der Waals surface area contributed by atoms with E-state index in [4.69, 9.17) is 14.6 Å². The van der Waals surface area contributed by atoms with Crippen LogP contribution in [-0.4, -0.2) is 60.1 Å². The lowest BCUT2D eigenvalue weighted by molar-refractivity contribution is -0.148. The van der Waals surface area contributed by atoms with Crippen molar-refractivity contribution >= 4 is 23.8 Å². The fourth-order valence-electron chi connectivity index (χ4n) is 5.19. The molecule has 1 amide bonds. The molecule has 0 radical (unpaired) electrons. The molecule has 0 aliphatic carbocycles. The van der Waals surface area contributed by atoms with Crippen LogP contribution in [0.25, 0.3) is 0 Å². The van der Waals surface area contributed by atoms with Crippen LogP contribution in [-0.2, 0) is 28.7 Å². The van der Waals surface area contributed by atoms with E-state index < -0.39 is 5.97 Å². The van der Waals surface area contributed by atoms with Crippen LogP contribution in [0.3, 0.4) is 0 Å². The summed E-state index contributed by atoms with van der Waals surface area (Å²) in [4.78, 5) is 49.5. The molecule has 294 valence electrons. The lowest BCUT2D eigenvalue weighted by Crippen LogP contribution is -2.37. The van der Waals surface area contributed by atoms with Gasteiger partial charge < -0.3 is 19.5 Å². The Hall–Kier alpha value is -3.68. The van der Waals surface area contributed by atoms with E-state index in [1.807, 2.05) is 0 Å². The SMILES string of the molecule is CC/C=C\C/C=C\C/C=C\CCCCCCCC(=O)OCCN(CCOC(=O)CCCCCCC/C=C\C/C=C\C/C=C\CC)C(=O)CCC(=O)O. The van der Waals surface area contributed by atoms with Gasteiger partial charge in [-0.3, -0.25) is 19.2 Å². The summed E-state index contributed by atoms with van der Waals surface area (Å²) in [7, 11) is 0. The van der Waals surface area contributed by atoms with Crippen LogP contribution in [0.5, 0.6) is 0 Å². The van der Waals surface area contributed by atoms with Crippen molar-refractivity contribution in [1.29, 1.82) is 0 Å². The lowest BCUT2D eigenvalue weighted by Gasteiger charge is -2.22. The molecule has 0 unspecified atom stereocenters. The summed E-state index contributed by atoms with van der Waals surface area (Å²) in [6.45, 7) is 4.57. The molecule has 0 aromatic rings. The quantitative estimate of drug-likeness (QED) is 0.0393. The highest BCUT2D eigenvalue weighted by Crippen LogP contribution is 2.10. The van der Waals surface area contributed by atoms with E-state index in [0.717, 1.165) is 116 Å². The molecule has 0 rings (SSSR count). The maximum Gasteiger partial charge on any atom is 0.305 e. The summed E-state index contributed by atoms with van der Waals surface area (Å²) in [6.07, 6.45) is 45.0. The molecule has 8 heteroatoms. The molecule has 1 N–H and O–H groups in total. The van der Waals surface area contributed by atoms with Gasteiger partial charge in [-0.15, -0.1) is 0 Å². The summed E-state index contributed by atoms with van der Waals surface area (Å²) >= 11 is 0. The first kappa shape index (κ1) is 48.3. The number of nitrogens with zero attached hydrogens (tertiary/aromatic N) is 1. The van der Waals surface area contributed by atoms with Crippen LogP contribution in [0.2, 0.25) is 0 Å². The van der Waals surface area contributed by atoms with Crippen molar-refractivity contribution in [2.24, 2.45) is 0 Å². The zero-order chi connectivity index (χ0) is 38.2. The molecule has 0 spiro atoms. The van der Waals surface area contributed by atoms with Gasteiger partial charge in [-0.2, -0.15) is 0 Å². The van der Waals surface area contributed by atoms with Gasteiger partial charge in [-0.25, -0.2) is 0 Å². The molecular weight excluding hydrogens is 654 g/mol. The maximum absolute atomic E-state index is 12.6. The highest BCUT2D eigenvalue weighted by molar-refractivity contribution is 5.80. The van der Waals surface area contributed by atoms with Gasteiger partial charge in [-0.1, -0.05) is 125 Å². The third kappa shape index (κ3) is 36.1. The van der Waals surface area contributed by atoms with Gasteiger partial charge in [0.25, 0.3) is 0 Å². The first-order valence-corrected chi connectivity index (χ1v) is 20.1. The Kier molecular flexibility index (Phi) is 35.8. The predicted octanol–water partition coefficient (Wildman–Crippen LogP) is 10.9. The van der Waals surface area contributed by atoms with E-state index in [2.05, 4.69) is 86.8 Å². The average Bonchev–Trinajstić information content (AvgIpc) is 3.13. The Morgan fingerprint density at radius 3 is 1.23 bits per heavy atom. The largest absolute Gasteiger partial charge is 0.481 e. The number of carboxylic acid groups (broad SMARTS) is 1. The molecule has 0 heterocycles. The number of hydrogen-bond acceptors (Lipinski definition) is 6. The first-order chi connectivity index (χ1) is 25.4. The predicted molar refractivity (Wildman–Crippen MR) is 214 cm³/mol. The van der Waals surface area contributed by atoms with E-state index >= 15 is 0 Å². The second-order valence-corrected chi connectivity index (χ2v) is 12.9. The Balaban J connectivity index is 4.08. The van der Waals surface area contributed by atoms with Crippen LogP contribution < -0.4 is 0 Å². The van der Waals surface area contributed by atoms with Gasteiger partial charge in [0, 0.05) is 19.3 Å². The van der Waals surface area contributed by atoms with Crippen LogP contribution in [0.15, 0.2) is 72.9 Å². The van der Waals surface area contributed by atoms with E-state index in [0.29, 0.717) is 12.8 Å². The molecule has 0 atom stereocenters. The minimum Gasteiger partial charge on any atom is -0.481 e.